The van der Waals surface area contributed by atoms with E-state index in [4.69, 9.17) is 21.1 Å². The molecule has 0 aliphatic carbocycles. The Labute approximate surface area is 151 Å². The van der Waals surface area contributed by atoms with Gasteiger partial charge in [0.1, 0.15) is 12.4 Å². The molecule has 0 amide bonds. The number of benzene rings is 2. The van der Waals surface area contributed by atoms with E-state index >= 15 is 0 Å². The Kier molecular flexibility index (Phi) is 5.58. The zero-order chi connectivity index (χ0) is 17.6. The molecule has 130 valence electrons. The van der Waals surface area contributed by atoms with Gasteiger partial charge in [-0.15, -0.1) is 0 Å². The predicted octanol–water partition coefficient (Wildman–Crippen LogP) is 4.08. The third kappa shape index (κ3) is 4.13. The third-order valence-electron chi connectivity index (χ3n) is 3.69. The minimum absolute atomic E-state index is 0.375. The quantitative estimate of drug-likeness (QED) is 0.596. The van der Waals surface area contributed by atoms with Crippen molar-refractivity contribution in [2.24, 2.45) is 0 Å². The van der Waals surface area contributed by atoms with Crippen molar-refractivity contribution in [1.82, 2.24) is 15.3 Å². The first-order valence-electron chi connectivity index (χ1n) is 7.95. The number of fused-ring (bicyclic) bond motifs is 1. The van der Waals surface area contributed by atoms with Crippen LogP contribution < -0.4 is 14.8 Å². The second-order valence-corrected chi connectivity index (χ2v) is 5.92. The largest absolute Gasteiger partial charge is 0.493 e. The number of ether oxygens (including phenoxy) is 2. The van der Waals surface area contributed by atoms with Crippen molar-refractivity contribution in [3.63, 3.8) is 0 Å². The highest BCUT2D eigenvalue weighted by Gasteiger charge is 2.12. The molecule has 25 heavy (non-hydrogen) atoms. The van der Waals surface area contributed by atoms with Crippen LogP contribution in [0.25, 0.3) is 11.0 Å². The summed E-state index contributed by atoms with van der Waals surface area (Å²) >= 11 is 6.31. The summed E-state index contributed by atoms with van der Waals surface area (Å²) in [6, 6.07) is 11.7. The standard InChI is InChI=1S/C19H20ClN3O2/c1-3-8-25-19-14(20)9-13(10-17(19)24-2)11-21-12-18-22-15-6-4-5-7-16(15)23-18/h3-7,9-10,21H,1,8,11-12H2,2H3,(H,22,23). The second-order valence-electron chi connectivity index (χ2n) is 5.51. The molecule has 0 saturated carbocycles. The van der Waals surface area contributed by atoms with E-state index in [1.165, 1.54) is 0 Å². The van der Waals surface area contributed by atoms with Crippen LogP contribution in [0.4, 0.5) is 0 Å². The molecule has 0 unspecified atom stereocenters. The Morgan fingerprint density at radius 2 is 2.12 bits per heavy atom. The maximum absolute atomic E-state index is 6.31. The van der Waals surface area contributed by atoms with E-state index in [0.29, 0.717) is 36.2 Å². The molecule has 0 fully saturated rings. The number of para-hydroxylation sites is 2. The minimum Gasteiger partial charge on any atom is -0.493 e. The topological polar surface area (TPSA) is 59.2 Å². The van der Waals surface area contributed by atoms with Crippen LogP contribution in [0, 0.1) is 0 Å². The lowest BCUT2D eigenvalue weighted by Gasteiger charge is -2.13. The third-order valence-corrected chi connectivity index (χ3v) is 3.98. The number of nitrogens with zero attached hydrogens (tertiary/aromatic N) is 1. The van der Waals surface area contributed by atoms with Crippen molar-refractivity contribution in [3.8, 4) is 11.5 Å². The molecule has 0 bridgehead atoms. The molecule has 3 aromatic rings. The Balaban J connectivity index is 1.66. The van der Waals surface area contributed by atoms with Crippen molar-refractivity contribution in [2.75, 3.05) is 13.7 Å². The first-order valence-corrected chi connectivity index (χ1v) is 8.33. The molecule has 6 heteroatoms. The molecule has 0 radical (unpaired) electrons. The van der Waals surface area contributed by atoms with Crippen molar-refractivity contribution in [1.29, 1.82) is 0 Å². The van der Waals surface area contributed by atoms with Crippen LogP contribution >= 0.6 is 11.6 Å². The van der Waals surface area contributed by atoms with Gasteiger partial charge in [0.25, 0.3) is 0 Å². The SMILES string of the molecule is C=CCOc1c(Cl)cc(CNCc2nc3ccccc3[nH]2)cc1OC. The van der Waals surface area contributed by atoms with E-state index in [1.807, 2.05) is 36.4 Å². The number of aromatic nitrogens is 2. The molecule has 1 heterocycles. The summed E-state index contributed by atoms with van der Waals surface area (Å²) in [5.41, 5.74) is 3.00. The predicted molar refractivity (Wildman–Crippen MR) is 100 cm³/mol. The number of halogens is 1. The molecule has 0 saturated heterocycles. The number of H-pyrrole nitrogens is 1. The summed E-state index contributed by atoms with van der Waals surface area (Å²) in [7, 11) is 1.60. The molecule has 0 atom stereocenters. The summed E-state index contributed by atoms with van der Waals surface area (Å²) in [6.07, 6.45) is 1.67. The maximum Gasteiger partial charge on any atom is 0.180 e. The van der Waals surface area contributed by atoms with Gasteiger partial charge in [-0.3, -0.25) is 0 Å². The monoisotopic (exact) mass is 357 g/mol. The van der Waals surface area contributed by atoms with Crippen LogP contribution in [-0.2, 0) is 13.1 Å². The average Bonchev–Trinajstić information content (AvgIpc) is 3.03. The molecule has 1 aromatic heterocycles. The van der Waals surface area contributed by atoms with E-state index < -0.39 is 0 Å². The molecule has 0 aliphatic heterocycles. The van der Waals surface area contributed by atoms with E-state index in [9.17, 15) is 0 Å². The number of rotatable bonds is 8. The molecule has 2 N–H and O–H groups in total. The summed E-state index contributed by atoms with van der Waals surface area (Å²) in [4.78, 5) is 7.84. The van der Waals surface area contributed by atoms with Crippen LogP contribution in [-0.4, -0.2) is 23.7 Å². The van der Waals surface area contributed by atoms with Gasteiger partial charge in [-0.25, -0.2) is 4.98 Å². The van der Waals surface area contributed by atoms with Gasteiger partial charge in [0.05, 0.1) is 29.7 Å². The van der Waals surface area contributed by atoms with Crippen LogP contribution in [0.1, 0.15) is 11.4 Å². The van der Waals surface area contributed by atoms with Crippen LogP contribution in [0.15, 0.2) is 49.1 Å². The summed E-state index contributed by atoms with van der Waals surface area (Å²) in [5, 5.41) is 3.87. The molecule has 0 spiro atoms. The Hall–Kier alpha value is -2.50. The number of methoxy groups -OCH3 is 1. The first-order chi connectivity index (χ1) is 12.2. The number of nitrogens with one attached hydrogen (secondary N) is 2. The highest BCUT2D eigenvalue weighted by Crippen LogP contribution is 2.36. The fourth-order valence-corrected chi connectivity index (χ4v) is 2.86. The zero-order valence-corrected chi connectivity index (χ0v) is 14.8. The van der Waals surface area contributed by atoms with Gasteiger partial charge >= 0.3 is 0 Å². The molecule has 3 rings (SSSR count). The molecule has 2 aromatic carbocycles. The van der Waals surface area contributed by atoms with Gasteiger partial charge in [-0.2, -0.15) is 0 Å². The van der Waals surface area contributed by atoms with Gasteiger partial charge in [0.2, 0.25) is 0 Å². The normalized spacial score (nSPS) is 10.8. The van der Waals surface area contributed by atoms with Crippen molar-refractivity contribution < 1.29 is 9.47 Å². The van der Waals surface area contributed by atoms with E-state index in [2.05, 4.69) is 21.9 Å². The fraction of sp³-hybridized carbons (Fsp3) is 0.211. The van der Waals surface area contributed by atoms with Gasteiger partial charge in [0, 0.05) is 6.54 Å². The molecule has 5 nitrogen and oxygen atoms in total. The van der Waals surface area contributed by atoms with Gasteiger partial charge in [-0.05, 0) is 29.8 Å². The highest BCUT2D eigenvalue weighted by molar-refractivity contribution is 6.32. The van der Waals surface area contributed by atoms with Crippen LogP contribution in [0.2, 0.25) is 5.02 Å². The van der Waals surface area contributed by atoms with Crippen LogP contribution in [0.5, 0.6) is 11.5 Å². The molecular formula is C19H20ClN3O2. The average molecular weight is 358 g/mol. The van der Waals surface area contributed by atoms with Gasteiger partial charge in [-0.1, -0.05) is 36.4 Å². The van der Waals surface area contributed by atoms with E-state index in [0.717, 1.165) is 22.4 Å². The molecular weight excluding hydrogens is 338 g/mol. The second kappa shape index (κ2) is 8.05. The number of hydrogen-bond acceptors (Lipinski definition) is 4. The first kappa shape index (κ1) is 17.3. The fourth-order valence-electron chi connectivity index (χ4n) is 2.57. The summed E-state index contributed by atoms with van der Waals surface area (Å²) < 4.78 is 10.9. The highest BCUT2D eigenvalue weighted by atomic mass is 35.5. The van der Waals surface area contributed by atoms with Crippen molar-refractivity contribution in [3.05, 3.63) is 65.5 Å². The van der Waals surface area contributed by atoms with E-state index in [1.54, 1.807) is 13.2 Å². The van der Waals surface area contributed by atoms with Crippen molar-refractivity contribution >= 4 is 22.6 Å². The number of aromatic amines is 1. The minimum atomic E-state index is 0.375. The van der Waals surface area contributed by atoms with Crippen LogP contribution in [0.3, 0.4) is 0 Å². The Morgan fingerprint density at radius 1 is 1.28 bits per heavy atom. The smallest absolute Gasteiger partial charge is 0.180 e. The lowest BCUT2D eigenvalue weighted by molar-refractivity contribution is 0.326. The van der Waals surface area contributed by atoms with Gasteiger partial charge in [0.15, 0.2) is 11.5 Å². The number of hydrogen-bond donors (Lipinski definition) is 2. The summed E-state index contributed by atoms with van der Waals surface area (Å²) in [5.74, 6) is 2.03. The van der Waals surface area contributed by atoms with Gasteiger partial charge < -0.3 is 19.8 Å². The Morgan fingerprint density at radius 3 is 2.88 bits per heavy atom. The lowest BCUT2D eigenvalue weighted by Crippen LogP contribution is -2.14. The van der Waals surface area contributed by atoms with E-state index in [-0.39, 0.29) is 0 Å². The molecule has 0 aliphatic rings. The number of imidazole rings is 1. The zero-order valence-electron chi connectivity index (χ0n) is 14.0. The lowest BCUT2D eigenvalue weighted by atomic mass is 10.2. The summed E-state index contributed by atoms with van der Waals surface area (Å²) in [6.45, 7) is 5.27. The van der Waals surface area contributed by atoms with Crippen molar-refractivity contribution in [2.45, 2.75) is 13.1 Å². The Bertz CT molecular complexity index is 843. The maximum atomic E-state index is 6.31.